The maximum atomic E-state index is 11.5. The smallest absolute Gasteiger partial charge is 0.302 e. The molecule has 2 nitrogen and oxygen atoms in total. The normalized spacial score (nSPS) is 36.4. The summed E-state index contributed by atoms with van der Waals surface area (Å²) in [5.41, 5.74) is 2.53. The van der Waals surface area contributed by atoms with Gasteiger partial charge in [0.05, 0.1) is 0 Å². The van der Waals surface area contributed by atoms with E-state index in [0.717, 1.165) is 53.3 Å². The molecule has 0 radical (unpaired) electrons. The van der Waals surface area contributed by atoms with E-state index in [-0.39, 0.29) is 12.1 Å². The summed E-state index contributed by atoms with van der Waals surface area (Å²) in [5.74, 6) is 5.19. The van der Waals surface area contributed by atoms with Crippen LogP contribution in [0, 0.1) is 46.3 Å². The molecule has 3 saturated carbocycles. The molecule has 4 rings (SSSR count). The first-order valence-corrected chi connectivity index (χ1v) is 16.4. The summed E-state index contributed by atoms with van der Waals surface area (Å²) in [5, 5.41) is 0. The highest BCUT2D eigenvalue weighted by atomic mass is 32.1. The van der Waals surface area contributed by atoms with Gasteiger partial charge in [-0.1, -0.05) is 90.3 Å². The monoisotopic (exact) mass is 554 g/mol. The zero-order valence-corrected chi connectivity index (χ0v) is 27.1. The Kier molecular flexibility index (Phi) is 11.7. The number of rotatable bonds is 8. The van der Waals surface area contributed by atoms with Crippen molar-refractivity contribution in [1.82, 2.24) is 0 Å². The number of hydrogen-bond acceptors (Lipinski definition) is 3. The number of thiol groups is 1. The molecular formula is C36H58O2S. The minimum Gasteiger partial charge on any atom is -0.462 e. The van der Waals surface area contributed by atoms with Crippen molar-refractivity contribution in [2.24, 2.45) is 46.3 Å². The van der Waals surface area contributed by atoms with E-state index in [4.69, 9.17) is 4.74 Å². The van der Waals surface area contributed by atoms with Crippen molar-refractivity contribution in [3.8, 4) is 0 Å². The molecule has 0 spiro atoms. The molecule has 7 unspecified atom stereocenters. The summed E-state index contributed by atoms with van der Waals surface area (Å²) >= 11 is 3.96. The second kappa shape index (κ2) is 14.1. The van der Waals surface area contributed by atoms with Crippen LogP contribution in [-0.4, -0.2) is 12.1 Å². The van der Waals surface area contributed by atoms with Gasteiger partial charge in [-0.3, -0.25) is 4.79 Å². The quantitative estimate of drug-likeness (QED) is 0.140. The van der Waals surface area contributed by atoms with Crippen LogP contribution in [0.2, 0.25) is 0 Å². The van der Waals surface area contributed by atoms with E-state index in [2.05, 4.69) is 59.9 Å². The summed E-state index contributed by atoms with van der Waals surface area (Å²) in [4.78, 5) is 12.3. The SMILES string of the molecule is C=C(S)/C=C\C=C/C.CC(=O)OC1CCC2(C)C(=CCC3C2CC[C@]2(C)C(C(C)CCCC(C)C)CCC32)C1. The lowest BCUT2D eigenvalue weighted by molar-refractivity contribution is -0.148. The van der Waals surface area contributed by atoms with Crippen LogP contribution in [0.5, 0.6) is 0 Å². The molecule has 0 aliphatic heterocycles. The van der Waals surface area contributed by atoms with Gasteiger partial charge in [0.2, 0.25) is 0 Å². The second-order valence-electron chi connectivity index (χ2n) is 14.1. The van der Waals surface area contributed by atoms with Crippen molar-refractivity contribution in [2.45, 2.75) is 125 Å². The van der Waals surface area contributed by atoms with Gasteiger partial charge in [-0.2, -0.15) is 0 Å². The Morgan fingerprint density at radius 2 is 1.85 bits per heavy atom. The van der Waals surface area contributed by atoms with Crippen LogP contribution >= 0.6 is 12.6 Å². The number of carbonyl (C=O) groups is 1. The third-order valence-corrected chi connectivity index (χ3v) is 11.3. The largest absolute Gasteiger partial charge is 0.462 e. The summed E-state index contributed by atoms with van der Waals surface area (Å²) < 4.78 is 5.61. The molecule has 0 saturated heterocycles. The topological polar surface area (TPSA) is 26.3 Å². The maximum Gasteiger partial charge on any atom is 0.302 e. The van der Waals surface area contributed by atoms with E-state index in [0.29, 0.717) is 10.8 Å². The average Bonchev–Trinajstić information content (AvgIpc) is 3.21. The average molecular weight is 555 g/mol. The molecule has 3 fully saturated rings. The van der Waals surface area contributed by atoms with Crippen molar-refractivity contribution in [3.63, 3.8) is 0 Å². The number of esters is 1. The van der Waals surface area contributed by atoms with Gasteiger partial charge < -0.3 is 4.74 Å². The van der Waals surface area contributed by atoms with Crippen LogP contribution in [-0.2, 0) is 9.53 Å². The molecule has 3 heteroatoms. The fraction of sp³-hybridized carbons (Fsp3) is 0.750. The van der Waals surface area contributed by atoms with E-state index < -0.39 is 0 Å². The number of hydrogen-bond donors (Lipinski definition) is 1. The van der Waals surface area contributed by atoms with Crippen LogP contribution in [0.15, 0.2) is 47.4 Å². The van der Waals surface area contributed by atoms with E-state index in [1.54, 1.807) is 12.5 Å². The molecule has 39 heavy (non-hydrogen) atoms. The molecule has 0 aromatic rings. The van der Waals surface area contributed by atoms with E-state index in [1.165, 1.54) is 57.8 Å². The van der Waals surface area contributed by atoms with Crippen LogP contribution in [0.1, 0.15) is 119 Å². The lowest BCUT2D eigenvalue weighted by Gasteiger charge is -2.58. The Bertz CT molecular complexity index is 928. The van der Waals surface area contributed by atoms with Crippen LogP contribution < -0.4 is 0 Å². The number of allylic oxidation sites excluding steroid dienone is 5. The Hall–Kier alpha value is -1.22. The van der Waals surface area contributed by atoms with Gasteiger partial charge in [-0.25, -0.2) is 0 Å². The second-order valence-corrected chi connectivity index (χ2v) is 14.7. The molecule has 0 aromatic carbocycles. The maximum absolute atomic E-state index is 11.5. The first-order chi connectivity index (χ1) is 18.4. The molecular weight excluding hydrogens is 496 g/mol. The molecule has 8 atom stereocenters. The Morgan fingerprint density at radius 1 is 1.10 bits per heavy atom. The molecule has 0 aromatic heterocycles. The molecule has 4 aliphatic carbocycles. The van der Waals surface area contributed by atoms with Crippen molar-refractivity contribution in [1.29, 1.82) is 0 Å². The van der Waals surface area contributed by atoms with Crippen molar-refractivity contribution in [2.75, 3.05) is 0 Å². The highest BCUT2D eigenvalue weighted by molar-refractivity contribution is 7.84. The van der Waals surface area contributed by atoms with Crippen LogP contribution in [0.4, 0.5) is 0 Å². The Balaban J connectivity index is 0.000000459. The van der Waals surface area contributed by atoms with Gasteiger partial charge >= 0.3 is 5.97 Å². The third kappa shape index (κ3) is 7.75. The molecule has 0 heterocycles. The standard InChI is InChI=1S/C29H48O2.C7H10S/c1-19(2)8-7-9-20(3)25-12-13-26-24-11-10-22-18-23(31-21(4)30)14-16-28(22,5)27(24)15-17-29(25,26)6;1-3-4-5-6-7(2)8/h10,19-20,23-27H,7-9,11-18H2,1-6H3;3-6,8H,2H2,1H3/b;4-3-,6-5-/t20?,23?,24?,25?,26?,27?,28?,29-;/m1./s1. The van der Waals surface area contributed by atoms with Crippen LogP contribution in [0.3, 0.4) is 0 Å². The summed E-state index contributed by atoms with van der Waals surface area (Å²) in [6.07, 6.45) is 24.9. The number of ether oxygens (including phenoxy) is 1. The lowest BCUT2D eigenvalue weighted by atomic mass is 9.47. The van der Waals surface area contributed by atoms with Gasteiger partial charge in [-0.05, 0) is 109 Å². The zero-order chi connectivity index (χ0) is 28.8. The summed E-state index contributed by atoms with van der Waals surface area (Å²) in [6.45, 7) is 19.6. The predicted molar refractivity (Wildman–Crippen MR) is 171 cm³/mol. The lowest BCUT2D eigenvalue weighted by Crippen LogP contribution is -2.51. The van der Waals surface area contributed by atoms with E-state index in [9.17, 15) is 4.79 Å². The third-order valence-electron chi connectivity index (χ3n) is 11.2. The van der Waals surface area contributed by atoms with Crippen LogP contribution in [0.25, 0.3) is 0 Å². The highest BCUT2D eigenvalue weighted by Gasteiger charge is 2.59. The molecule has 0 N–H and O–H groups in total. The zero-order valence-electron chi connectivity index (χ0n) is 26.2. The predicted octanol–water partition coefficient (Wildman–Crippen LogP) is 10.5. The fourth-order valence-electron chi connectivity index (χ4n) is 9.27. The van der Waals surface area contributed by atoms with E-state index >= 15 is 0 Å². The molecule has 0 bridgehead atoms. The molecule has 0 amide bonds. The Morgan fingerprint density at radius 3 is 2.49 bits per heavy atom. The van der Waals surface area contributed by atoms with Crippen molar-refractivity contribution < 1.29 is 9.53 Å². The van der Waals surface area contributed by atoms with Gasteiger partial charge in [0, 0.05) is 13.3 Å². The molecule has 4 aliphatic rings. The summed E-state index contributed by atoms with van der Waals surface area (Å²) in [6, 6.07) is 0. The summed E-state index contributed by atoms with van der Waals surface area (Å²) in [7, 11) is 0. The van der Waals surface area contributed by atoms with Gasteiger partial charge in [0.15, 0.2) is 0 Å². The van der Waals surface area contributed by atoms with Gasteiger partial charge in [0.25, 0.3) is 0 Å². The van der Waals surface area contributed by atoms with Crippen molar-refractivity contribution in [3.05, 3.63) is 47.4 Å². The van der Waals surface area contributed by atoms with Gasteiger partial charge in [-0.15, -0.1) is 12.6 Å². The minimum atomic E-state index is -0.115. The number of carbonyl (C=O) groups excluding carboxylic acids is 1. The number of fused-ring (bicyclic) bond motifs is 5. The molecule has 220 valence electrons. The van der Waals surface area contributed by atoms with Crippen molar-refractivity contribution >= 4 is 18.6 Å². The van der Waals surface area contributed by atoms with E-state index in [1.807, 2.05) is 31.2 Å². The first kappa shape index (κ1) is 32.3. The Labute approximate surface area is 246 Å². The van der Waals surface area contributed by atoms with Gasteiger partial charge in [0.1, 0.15) is 6.10 Å². The highest BCUT2D eigenvalue weighted by Crippen LogP contribution is 2.67. The fourth-order valence-corrected chi connectivity index (χ4v) is 9.35. The first-order valence-electron chi connectivity index (χ1n) is 16.0. The minimum absolute atomic E-state index is 0.115.